The maximum absolute atomic E-state index is 11.6. The molecule has 2 aromatic carbocycles. The van der Waals surface area contributed by atoms with Crippen LogP contribution in [0.25, 0.3) is 10.9 Å². The molecule has 0 amide bonds. The largest absolute Gasteiger partial charge is 0.487 e. The van der Waals surface area contributed by atoms with Gasteiger partial charge in [0, 0.05) is 18.5 Å². The Morgan fingerprint density at radius 3 is 2.72 bits per heavy atom. The summed E-state index contributed by atoms with van der Waals surface area (Å²) >= 11 is 0. The second-order valence-corrected chi connectivity index (χ2v) is 7.67. The third-order valence-corrected chi connectivity index (χ3v) is 5.42. The first-order valence-corrected chi connectivity index (χ1v) is 10.1. The number of carbonyl (C=O) groups excluding carboxylic acids is 1. The van der Waals surface area contributed by atoms with Gasteiger partial charge in [-0.15, -0.1) is 0 Å². The molecule has 0 saturated carbocycles. The summed E-state index contributed by atoms with van der Waals surface area (Å²) in [5, 5.41) is 1.07. The predicted molar refractivity (Wildman–Crippen MR) is 114 cm³/mol. The van der Waals surface area contributed by atoms with E-state index in [2.05, 4.69) is 30.0 Å². The Bertz CT molecular complexity index is 1000. The molecule has 1 fully saturated rings. The molecule has 3 aromatic rings. The molecular formula is C24H26N2O3. The van der Waals surface area contributed by atoms with Gasteiger partial charge in [-0.2, -0.15) is 0 Å². The average molecular weight is 390 g/mol. The Morgan fingerprint density at radius 1 is 1.14 bits per heavy atom. The highest BCUT2D eigenvalue weighted by Crippen LogP contribution is 2.29. The van der Waals surface area contributed by atoms with Crippen molar-refractivity contribution in [3.05, 3.63) is 65.7 Å². The van der Waals surface area contributed by atoms with Crippen molar-refractivity contribution in [1.82, 2.24) is 4.98 Å². The van der Waals surface area contributed by atoms with E-state index in [-0.39, 0.29) is 5.97 Å². The lowest BCUT2D eigenvalue weighted by Crippen LogP contribution is -2.34. The number of benzene rings is 2. The highest BCUT2D eigenvalue weighted by molar-refractivity contribution is 5.89. The number of anilines is 1. The molecule has 1 aliphatic heterocycles. The number of nitrogens with zero attached hydrogens (tertiary/aromatic N) is 2. The lowest BCUT2D eigenvalue weighted by Gasteiger charge is -2.32. The van der Waals surface area contributed by atoms with Gasteiger partial charge in [-0.3, -0.25) is 0 Å². The molecule has 0 radical (unpaired) electrons. The van der Waals surface area contributed by atoms with E-state index in [4.69, 9.17) is 14.5 Å². The first-order valence-electron chi connectivity index (χ1n) is 10.1. The zero-order valence-electron chi connectivity index (χ0n) is 16.9. The number of rotatable bonds is 5. The summed E-state index contributed by atoms with van der Waals surface area (Å²) in [5.74, 6) is 2.14. The Kier molecular flexibility index (Phi) is 5.65. The van der Waals surface area contributed by atoms with Gasteiger partial charge < -0.3 is 14.4 Å². The molecule has 0 aliphatic carbocycles. The van der Waals surface area contributed by atoms with E-state index in [9.17, 15) is 4.79 Å². The highest BCUT2D eigenvalue weighted by Gasteiger charge is 2.18. The summed E-state index contributed by atoms with van der Waals surface area (Å²) in [6.45, 7) is 4.81. The van der Waals surface area contributed by atoms with Crippen LogP contribution >= 0.6 is 0 Å². The van der Waals surface area contributed by atoms with Gasteiger partial charge in [0.2, 0.25) is 0 Å². The second-order valence-electron chi connectivity index (χ2n) is 7.67. The number of esters is 1. The lowest BCUT2D eigenvalue weighted by atomic mass is 10.0. The number of methoxy groups -OCH3 is 1. The zero-order valence-corrected chi connectivity index (χ0v) is 16.9. The fourth-order valence-corrected chi connectivity index (χ4v) is 3.82. The number of aromatic nitrogens is 1. The third-order valence-electron chi connectivity index (χ3n) is 5.42. The third kappa shape index (κ3) is 4.34. The molecule has 1 aromatic heterocycles. The Labute approximate surface area is 171 Å². The van der Waals surface area contributed by atoms with Crippen molar-refractivity contribution in [1.29, 1.82) is 0 Å². The first-order chi connectivity index (χ1) is 14.1. The van der Waals surface area contributed by atoms with Crippen LogP contribution in [-0.2, 0) is 11.3 Å². The first kappa shape index (κ1) is 19.2. The maximum atomic E-state index is 11.6. The van der Waals surface area contributed by atoms with Crippen LogP contribution in [0.1, 0.15) is 35.7 Å². The van der Waals surface area contributed by atoms with E-state index in [1.165, 1.54) is 20.0 Å². The van der Waals surface area contributed by atoms with E-state index in [0.717, 1.165) is 41.1 Å². The van der Waals surface area contributed by atoms with Gasteiger partial charge in [0.1, 0.15) is 23.7 Å². The van der Waals surface area contributed by atoms with Gasteiger partial charge in [-0.25, -0.2) is 9.78 Å². The summed E-state index contributed by atoms with van der Waals surface area (Å²) in [6, 6.07) is 17.5. The number of hydrogen-bond acceptors (Lipinski definition) is 5. The monoisotopic (exact) mass is 390 g/mol. The maximum Gasteiger partial charge on any atom is 0.337 e. The van der Waals surface area contributed by atoms with Crippen molar-refractivity contribution in [2.24, 2.45) is 5.92 Å². The Hall–Kier alpha value is -3.08. The van der Waals surface area contributed by atoms with Gasteiger partial charge in [-0.1, -0.05) is 31.2 Å². The number of piperidine rings is 1. The number of hydrogen-bond donors (Lipinski definition) is 0. The average Bonchev–Trinajstić information content (AvgIpc) is 2.77. The van der Waals surface area contributed by atoms with Crippen LogP contribution in [0, 0.1) is 5.92 Å². The topological polar surface area (TPSA) is 51.7 Å². The number of para-hydroxylation sites is 1. The van der Waals surface area contributed by atoms with Crippen molar-refractivity contribution in [3.8, 4) is 5.75 Å². The zero-order chi connectivity index (χ0) is 20.2. The Morgan fingerprint density at radius 2 is 1.97 bits per heavy atom. The minimum atomic E-state index is -0.338. The van der Waals surface area contributed by atoms with Gasteiger partial charge >= 0.3 is 5.97 Å². The van der Waals surface area contributed by atoms with Crippen LogP contribution in [0.3, 0.4) is 0 Å². The van der Waals surface area contributed by atoms with Gasteiger partial charge in [-0.05, 0) is 54.7 Å². The van der Waals surface area contributed by atoms with Crippen LogP contribution in [-0.4, -0.2) is 31.2 Å². The molecular weight excluding hydrogens is 364 g/mol. The molecule has 5 nitrogen and oxygen atoms in total. The fourth-order valence-electron chi connectivity index (χ4n) is 3.82. The fraction of sp³-hybridized carbons (Fsp3) is 0.333. The van der Waals surface area contributed by atoms with Crippen molar-refractivity contribution in [2.75, 3.05) is 25.1 Å². The van der Waals surface area contributed by atoms with E-state index in [1.54, 1.807) is 12.1 Å². The normalized spacial score (nSPS) is 16.6. The van der Waals surface area contributed by atoms with Crippen LogP contribution in [0.15, 0.2) is 54.6 Å². The quantitative estimate of drug-likeness (QED) is 0.584. The molecule has 1 atom stereocenters. The molecule has 0 bridgehead atoms. The van der Waals surface area contributed by atoms with Crippen LogP contribution < -0.4 is 9.64 Å². The summed E-state index contributed by atoms with van der Waals surface area (Å²) in [6.07, 6.45) is 2.49. The highest BCUT2D eigenvalue weighted by atomic mass is 16.5. The molecule has 1 saturated heterocycles. The van der Waals surface area contributed by atoms with Crippen molar-refractivity contribution in [2.45, 2.75) is 26.4 Å². The molecule has 29 heavy (non-hydrogen) atoms. The minimum absolute atomic E-state index is 0.338. The minimum Gasteiger partial charge on any atom is -0.487 e. The molecule has 4 rings (SSSR count). The molecule has 0 spiro atoms. The summed E-state index contributed by atoms with van der Waals surface area (Å²) in [5.41, 5.74) is 2.40. The molecule has 2 heterocycles. The van der Waals surface area contributed by atoms with Gasteiger partial charge in [0.05, 0.1) is 12.7 Å². The predicted octanol–water partition coefficient (Wildman–Crippen LogP) is 4.84. The SMILES string of the molecule is COC(=O)c1ccc(COc2cccc3ccc(N4CCC[C@@H](C)C4)nc23)cc1. The number of fused-ring (bicyclic) bond motifs is 1. The molecule has 0 unspecified atom stereocenters. The number of ether oxygens (including phenoxy) is 2. The standard InChI is InChI=1S/C24H26N2O3/c1-17-5-4-14-26(15-17)22-13-12-19-6-3-7-21(23(19)25-22)29-16-18-8-10-20(11-9-18)24(27)28-2/h3,6-13,17H,4-5,14-16H2,1-2H3/t17-/m1/s1. The number of pyridine rings is 1. The van der Waals surface area contributed by atoms with Gasteiger partial charge in [0.15, 0.2) is 0 Å². The van der Waals surface area contributed by atoms with E-state index < -0.39 is 0 Å². The summed E-state index contributed by atoms with van der Waals surface area (Å²) in [4.78, 5) is 18.9. The lowest BCUT2D eigenvalue weighted by molar-refractivity contribution is 0.0600. The van der Waals surface area contributed by atoms with Crippen molar-refractivity contribution >= 4 is 22.7 Å². The van der Waals surface area contributed by atoms with Crippen LogP contribution in [0.5, 0.6) is 5.75 Å². The summed E-state index contributed by atoms with van der Waals surface area (Å²) < 4.78 is 10.8. The summed E-state index contributed by atoms with van der Waals surface area (Å²) in [7, 11) is 1.38. The molecule has 0 N–H and O–H groups in total. The van der Waals surface area contributed by atoms with E-state index in [0.29, 0.717) is 18.1 Å². The van der Waals surface area contributed by atoms with Crippen LogP contribution in [0.2, 0.25) is 0 Å². The molecule has 5 heteroatoms. The molecule has 1 aliphatic rings. The van der Waals surface area contributed by atoms with E-state index >= 15 is 0 Å². The Balaban J connectivity index is 1.53. The van der Waals surface area contributed by atoms with Crippen LogP contribution in [0.4, 0.5) is 5.82 Å². The van der Waals surface area contributed by atoms with Crippen molar-refractivity contribution < 1.29 is 14.3 Å². The van der Waals surface area contributed by atoms with E-state index in [1.807, 2.05) is 24.3 Å². The molecule has 150 valence electrons. The smallest absolute Gasteiger partial charge is 0.337 e. The second kappa shape index (κ2) is 8.52. The number of carbonyl (C=O) groups is 1. The van der Waals surface area contributed by atoms with Crippen molar-refractivity contribution in [3.63, 3.8) is 0 Å². The van der Waals surface area contributed by atoms with Gasteiger partial charge in [0.25, 0.3) is 0 Å².